The van der Waals surface area contributed by atoms with E-state index in [2.05, 4.69) is 19.2 Å². The van der Waals surface area contributed by atoms with Gasteiger partial charge in [0.15, 0.2) is 0 Å². The largest absolute Gasteiger partial charge is 0.457 e. The number of para-hydroxylation sites is 1. The molecule has 2 amide bonds. The Labute approximate surface area is 148 Å². The van der Waals surface area contributed by atoms with Gasteiger partial charge in [-0.1, -0.05) is 32.0 Å². The molecule has 0 saturated carbocycles. The Balaban J connectivity index is 1.97. The second kappa shape index (κ2) is 8.64. The number of hydrogen-bond donors (Lipinski definition) is 1. The second-order valence-corrected chi connectivity index (χ2v) is 6.81. The van der Waals surface area contributed by atoms with Crippen LogP contribution in [0, 0.1) is 5.92 Å². The first kappa shape index (κ1) is 18.2. The highest BCUT2D eigenvalue weighted by Crippen LogP contribution is 2.24. The fourth-order valence-corrected chi connectivity index (χ4v) is 3.39. The Morgan fingerprint density at radius 2 is 1.62 bits per heavy atom. The molecule has 0 aliphatic heterocycles. The number of benzene rings is 2. The van der Waals surface area contributed by atoms with Gasteiger partial charge in [0.05, 0.1) is 5.37 Å². The maximum absolute atomic E-state index is 12.4. The third-order valence-corrected chi connectivity index (χ3v) is 4.94. The van der Waals surface area contributed by atoms with Crippen molar-refractivity contribution in [3.8, 4) is 11.5 Å². The topological polar surface area (TPSA) is 41.6 Å². The van der Waals surface area contributed by atoms with E-state index in [1.165, 1.54) is 0 Å². The van der Waals surface area contributed by atoms with Crippen LogP contribution in [0.3, 0.4) is 0 Å². The van der Waals surface area contributed by atoms with Gasteiger partial charge in [-0.05, 0) is 48.6 Å². The molecule has 4 nitrogen and oxygen atoms in total. The van der Waals surface area contributed by atoms with E-state index in [1.807, 2.05) is 67.9 Å². The molecule has 0 heterocycles. The van der Waals surface area contributed by atoms with Crippen molar-refractivity contribution >= 4 is 23.5 Å². The van der Waals surface area contributed by atoms with Crippen LogP contribution < -0.4 is 10.1 Å². The van der Waals surface area contributed by atoms with Crippen LogP contribution in [0.4, 0.5) is 10.5 Å². The summed E-state index contributed by atoms with van der Waals surface area (Å²) in [6.07, 6.45) is 2.02. The number of nitrogens with zero attached hydrogens (tertiary/aromatic N) is 1. The van der Waals surface area contributed by atoms with Crippen LogP contribution in [0.2, 0.25) is 0 Å². The fourth-order valence-electron chi connectivity index (χ4n) is 2.44. The number of hydrogen-bond acceptors (Lipinski definition) is 3. The van der Waals surface area contributed by atoms with Gasteiger partial charge in [0.2, 0.25) is 0 Å². The quantitative estimate of drug-likeness (QED) is 0.724. The molecule has 2 rings (SSSR count). The first-order valence-corrected chi connectivity index (χ1v) is 9.19. The third kappa shape index (κ3) is 4.93. The molecule has 5 heteroatoms. The number of urea groups is 1. The lowest BCUT2D eigenvalue weighted by molar-refractivity contribution is 0.211. The summed E-state index contributed by atoms with van der Waals surface area (Å²) in [5.41, 5.74) is 0.746. The van der Waals surface area contributed by atoms with Crippen molar-refractivity contribution in [3.05, 3.63) is 54.6 Å². The molecule has 2 aromatic carbocycles. The van der Waals surface area contributed by atoms with E-state index in [1.54, 1.807) is 16.7 Å². The third-order valence-electron chi connectivity index (χ3n) is 3.60. The van der Waals surface area contributed by atoms with Crippen molar-refractivity contribution in [3.63, 3.8) is 0 Å². The van der Waals surface area contributed by atoms with Crippen molar-refractivity contribution < 1.29 is 9.53 Å². The van der Waals surface area contributed by atoms with Crippen LogP contribution in [0.15, 0.2) is 54.6 Å². The van der Waals surface area contributed by atoms with Gasteiger partial charge in [-0.25, -0.2) is 4.79 Å². The smallest absolute Gasteiger partial charge is 0.322 e. The number of amides is 2. The zero-order valence-corrected chi connectivity index (χ0v) is 15.3. The summed E-state index contributed by atoms with van der Waals surface area (Å²) in [5.74, 6) is 1.91. The molecule has 0 fully saturated rings. The number of ether oxygens (including phenoxy) is 1. The normalized spacial score (nSPS) is 11.9. The van der Waals surface area contributed by atoms with E-state index in [9.17, 15) is 4.79 Å². The van der Waals surface area contributed by atoms with Crippen LogP contribution in [-0.4, -0.2) is 29.6 Å². The number of rotatable bonds is 6. The molecule has 24 heavy (non-hydrogen) atoms. The highest BCUT2D eigenvalue weighted by molar-refractivity contribution is 7.99. The van der Waals surface area contributed by atoms with Crippen molar-refractivity contribution in [1.29, 1.82) is 0 Å². The van der Waals surface area contributed by atoms with Crippen LogP contribution in [0.5, 0.6) is 11.5 Å². The lowest BCUT2D eigenvalue weighted by Crippen LogP contribution is -2.40. The molecule has 2 aromatic rings. The van der Waals surface area contributed by atoms with Crippen molar-refractivity contribution in [2.75, 3.05) is 18.6 Å². The minimum Gasteiger partial charge on any atom is -0.457 e. The Bertz CT molecular complexity index is 644. The summed E-state index contributed by atoms with van der Waals surface area (Å²) in [5, 5.41) is 3.06. The summed E-state index contributed by atoms with van der Waals surface area (Å²) in [7, 11) is 1.82. The molecule has 1 atom stereocenters. The lowest BCUT2D eigenvalue weighted by Gasteiger charge is -2.29. The first-order valence-electron chi connectivity index (χ1n) is 7.91. The Kier molecular flexibility index (Phi) is 6.55. The lowest BCUT2D eigenvalue weighted by atomic mass is 10.2. The minimum absolute atomic E-state index is 0.111. The van der Waals surface area contributed by atoms with E-state index in [-0.39, 0.29) is 11.4 Å². The van der Waals surface area contributed by atoms with Crippen LogP contribution >= 0.6 is 11.8 Å². The zero-order valence-electron chi connectivity index (χ0n) is 14.5. The summed E-state index contributed by atoms with van der Waals surface area (Å²) >= 11 is 1.67. The van der Waals surface area contributed by atoms with E-state index >= 15 is 0 Å². The molecular weight excluding hydrogens is 320 g/mol. The summed E-state index contributed by atoms with van der Waals surface area (Å²) in [4.78, 5) is 14.1. The van der Waals surface area contributed by atoms with Gasteiger partial charge in [0, 0.05) is 12.7 Å². The number of carbonyl (C=O) groups is 1. The predicted octanol–water partition coefficient (Wildman–Crippen LogP) is 5.29. The van der Waals surface area contributed by atoms with E-state index < -0.39 is 0 Å². The van der Waals surface area contributed by atoms with Crippen molar-refractivity contribution in [2.45, 2.75) is 19.2 Å². The monoisotopic (exact) mass is 344 g/mol. The maximum atomic E-state index is 12.4. The predicted molar refractivity (Wildman–Crippen MR) is 102 cm³/mol. The highest BCUT2D eigenvalue weighted by Gasteiger charge is 2.21. The van der Waals surface area contributed by atoms with Gasteiger partial charge in [-0.15, -0.1) is 11.8 Å². The van der Waals surface area contributed by atoms with Gasteiger partial charge in [-0.2, -0.15) is 0 Å². The van der Waals surface area contributed by atoms with Crippen LogP contribution in [0.1, 0.15) is 13.8 Å². The van der Waals surface area contributed by atoms with Gasteiger partial charge >= 0.3 is 6.03 Å². The summed E-state index contributed by atoms with van der Waals surface area (Å²) < 4.78 is 5.75. The Morgan fingerprint density at radius 1 is 1.04 bits per heavy atom. The van der Waals surface area contributed by atoms with Gasteiger partial charge in [0.1, 0.15) is 11.5 Å². The molecule has 1 unspecified atom stereocenters. The number of carbonyl (C=O) groups excluding carboxylic acids is 1. The molecule has 0 aromatic heterocycles. The maximum Gasteiger partial charge on any atom is 0.322 e. The van der Waals surface area contributed by atoms with Gasteiger partial charge in [0.25, 0.3) is 0 Å². The number of thioether (sulfide) groups is 1. The first-order chi connectivity index (χ1) is 11.5. The number of nitrogens with one attached hydrogen (secondary N) is 1. The number of anilines is 1. The van der Waals surface area contributed by atoms with Gasteiger partial charge < -0.3 is 15.0 Å². The van der Waals surface area contributed by atoms with Crippen LogP contribution in [0.25, 0.3) is 0 Å². The molecule has 0 radical (unpaired) electrons. The molecular formula is C19H24N2O2S. The SMILES string of the molecule is CSC(C(C)C)N(C)C(=O)Nc1ccc(Oc2ccccc2)cc1. The summed E-state index contributed by atoms with van der Waals surface area (Å²) in [6, 6.07) is 16.9. The van der Waals surface area contributed by atoms with Gasteiger partial charge in [-0.3, -0.25) is 0 Å². The molecule has 0 bridgehead atoms. The molecule has 0 saturated heterocycles. The minimum atomic E-state index is -0.111. The van der Waals surface area contributed by atoms with Crippen molar-refractivity contribution in [2.24, 2.45) is 5.92 Å². The van der Waals surface area contributed by atoms with E-state index in [0.717, 1.165) is 17.2 Å². The average Bonchev–Trinajstić information content (AvgIpc) is 2.57. The highest BCUT2D eigenvalue weighted by atomic mass is 32.2. The molecule has 0 aliphatic carbocycles. The summed E-state index contributed by atoms with van der Waals surface area (Å²) in [6.45, 7) is 4.22. The van der Waals surface area contributed by atoms with Crippen molar-refractivity contribution in [1.82, 2.24) is 4.90 Å². The standard InChI is InChI=1S/C19H24N2O2S/c1-14(2)18(24-4)21(3)19(22)20-15-10-12-17(13-11-15)23-16-8-6-5-7-9-16/h5-14,18H,1-4H3,(H,20,22). The Morgan fingerprint density at radius 3 is 2.17 bits per heavy atom. The second-order valence-electron chi connectivity index (χ2n) is 5.85. The molecule has 0 aliphatic rings. The van der Waals surface area contributed by atoms with E-state index in [0.29, 0.717) is 5.92 Å². The zero-order chi connectivity index (χ0) is 17.5. The molecule has 128 valence electrons. The molecule has 0 spiro atoms. The fraction of sp³-hybridized carbons (Fsp3) is 0.316. The van der Waals surface area contributed by atoms with Crippen LogP contribution in [-0.2, 0) is 0 Å². The Hall–Kier alpha value is -2.14. The average molecular weight is 344 g/mol. The molecule has 1 N–H and O–H groups in total. The van der Waals surface area contributed by atoms with E-state index in [4.69, 9.17) is 4.74 Å².